The Hall–Kier alpha value is -3.00. The third-order valence-corrected chi connectivity index (χ3v) is 4.57. The number of benzene rings is 2. The van der Waals surface area contributed by atoms with Crippen LogP contribution < -0.4 is 4.74 Å². The molecule has 0 aliphatic rings. The summed E-state index contributed by atoms with van der Waals surface area (Å²) >= 11 is 1.08. The molecule has 7 nitrogen and oxygen atoms in total. The van der Waals surface area contributed by atoms with E-state index in [0.29, 0.717) is 22.4 Å². The predicted molar refractivity (Wildman–Crippen MR) is 98.1 cm³/mol. The van der Waals surface area contributed by atoms with Gasteiger partial charge in [-0.15, -0.1) is 10.2 Å². The second kappa shape index (κ2) is 7.49. The molecule has 3 rings (SSSR count). The number of hydrogen-bond acceptors (Lipinski definition) is 6. The molecule has 2 N–H and O–H groups in total. The Bertz CT molecular complexity index is 938. The molecule has 0 spiro atoms. The quantitative estimate of drug-likeness (QED) is 0.642. The van der Waals surface area contributed by atoms with Gasteiger partial charge in [-0.3, -0.25) is 9.36 Å². The van der Waals surface area contributed by atoms with E-state index in [1.165, 1.54) is 0 Å². The highest BCUT2D eigenvalue weighted by molar-refractivity contribution is 7.99. The van der Waals surface area contributed by atoms with Gasteiger partial charge < -0.3 is 14.9 Å². The number of thioether (sulfide) groups is 1. The van der Waals surface area contributed by atoms with Gasteiger partial charge in [-0.1, -0.05) is 17.8 Å². The summed E-state index contributed by atoms with van der Waals surface area (Å²) in [5.74, 6) is 0.219. The SMILES string of the molecule is COc1ccc(C)cc1-n1c(SCC(=O)O)nnc1-c1ccc(O)cc1. The van der Waals surface area contributed by atoms with Crippen molar-refractivity contribution >= 4 is 17.7 Å². The molecule has 0 fully saturated rings. The molecule has 8 heteroatoms. The molecule has 0 atom stereocenters. The third kappa shape index (κ3) is 3.65. The summed E-state index contributed by atoms with van der Waals surface area (Å²) in [5, 5.41) is 27.4. The van der Waals surface area contributed by atoms with E-state index in [0.717, 1.165) is 22.9 Å². The molecule has 3 aromatic rings. The molecule has 134 valence electrons. The van der Waals surface area contributed by atoms with Crippen molar-refractivity contribution in [3.05, 3.63) is 48.0 Å². The normalized spacial score (nSPS) is 10.7. The fraction of sp³-hybridized carbons (Fsp3) is 0.167. The highest BCUT2D eigenvalue weighted by Gasteiger charge is 2.20. The number of phenols is 1. The van der Waals surface area contributed by atoms with E-state index in [1.54, 1.807) is 35.9 Å². The number of aromatic nitrogens is 3. The number of phenolic OH excluding ortho intramolecular Hbond substituents is 1. The van der Waals surface area contributed by atoms with Crippen LogP contribution in [0.1, 0.15) is 5.56 Å². The average Bonchev–Trinajstić information content (AvgIpc) is 3.04. The fourth-order valence-corrected chi connectivity index (χ4v) is 3.14. The Labute approximate surface area is 154 Å². The van der Waals surface area contributed by atoms with E-state index in [1.807, 2.05) is 25.1 Å². The van der Waals surface area contributed by atoms with E-state index in [-0.39, 0.29) is 11.5 Å². The zero-order valence-corrected chi connectivity index (χ0v) is 15.0. The van der Waals surface area contributed by atoms with E-state index in [4.69, 9.17) is 9.84 Å². The average molecular weight is 371 g/mol. The summed E-state index contributed by atoms with van der Waals surface area (Å²) in [7, 11) is 1.57. The fourth-order valence-electron chi connectivity index (χ4n) is 2.48. The minimum Gasteiger partial charge on any atom is -0.508 e. The van der Waals surface area contributed by atoms with E-state index >= 15 is 0 Å². The molecule has 0 bridgehead atoms. The summed E-state index contributed by atoms with van der Waals surface area (Å²) in [6.45, 7) is 1.96. The van der Waals surface area contributed by atoms with E-state index in [2.05, 4.69) is 10.2 Å². The van der Waals surface area contributed by atoms with Crippen molar-refractivity contribution in [2.45, 2.75) is 12.1 Å². The number of rotatable bonds is 6. The van der Waals surface area contributed by atoms with Gasteiger partial charge in [-0.25, -0.2) is 0 Å². The number of aliphatic carboxylic acids is 1. The smallest absolute Gasteiger partial charge is 0.313 e. The monoisotopic (exact) mass is 371 g/mol. The van der Waals surface area contributed by atoms with Crippen molar-refractivity contribution < 1.29 is 19.7 Å². The first-order valence-corrected chi connectivity index (χ1v) is 8.72. The van der Waals surface area contributed by atoms with Crippen LogP contribution in [-0.4, -0.2) is 43.8 Å². The van der Waals surface area contributed by atoms with Gasteiger partial charge in [0, 0.05) is 5.56 Å². The van der Waals surface area contributed by atoms with Crippen molar-refractivity contribution in [3.8, 4) is 28.6 Å². The predicted octanol–water partition coefficient (Wildman–Crippen LogP) is 3.13. The Morgan fingerprint density at radius 3 is 2.58 bits per heavy atom. The molecular weight excluding hydrogens is 354 g/mol. The first-order valence-electron chi connectivity index (χ1n) is 7.74. The molecule has 0 aliphatic heterocycles. The van der Waals surface area contributed by atoms with Gasteiger partial charge in [-0.2, -0.15) is 0 Å². The molecule has 0 radical (unpaired) electrons. The number of carbonyl (C=O) groups is 1. The summed E-state index contributed by atoms with van der Waals surface area (Å²) < 4.78 is 7.24. The first kappa shape index (κ1) is 17.8. The molecule has 26 heavy (non-hydrogen) atoms. The molecule has 1 aromatic heterocycles. The summed E-state index contributed by atoms with van der Waals surface area (Å²) in [6, 6.07) is 12.3. The van der Waals surface area contributed by atoms with Crippen LogP contribution in [0.5, 0.6) is 11.5 Å². The molecule has 0 amide bonds. The maximum atomic E-state index is 11.0. The van der Waals surface area contributed by atoms with E-state index < -0.39 is 5.97 Å². The first-order chi connectivity index (χ1) is 12.5. The number of methoxy groups -OCH3 is 1. The highest BCUT2D eigenvalue weighted by atomic mass is 32.2. The number of ether oxygens (including phenoxy) is 1. The summed E-state index contributed by atoms with van der Waals surface area (Å²) in [6.07, 6.45) is 0. The van der Waals surface area contributed by atoms with Crippen LogP contribution in [0.4, 0.5) is 0 Å². The molecule has 0 saturated carbocycles. The van der Waals surface area contributed by atoms with Gasteiger partial charge in [0.1, 0.15) is 11.5 Å². The number of carboxylic acids is 1. The molecular formula is C18H17N3O4S. The van der Waals surface area contributed by atoms with Crippen LogP contribution >= 0.6 is 11.8 Å². The van der Waals surface area contributed by atoms with Crippen LogP contribution in [0.3, 0.4) is 0 Å². The zero-order valence-electron chi connectivity index (χ0n) is 14.2. The van der Waals surface area contributed by atoms with Crippen molar-refractivity contribution in [1.82, 2.24) is 14.8 Å². The van der Waals surface area contributed by atoms with Gasteiger partial charge in [0.25, 0.3) is 0 Å². The lowest BCUT2D eigenvalue weighted by molar-refractivity contribution is -0.133. The van der Waals surface area contributed by atoms with Crippen LogP contribution in [0, 0.1) is 6.92 Å². The molecule has 0 unspecified atom stereocenters. The maximum absolute atomic E-state index is 11.0. The number of carboxylic acid groups (broad SMARTS) is 1. The number of aryl methyl sites for hydroxylation is 1. The Kier molecular flexibility index (Phi) is 5.13. The standard InChI is InChI=1S/C18H17N3O4S/c1-11-3-8-15(25-2)14(9-11)21-17(12-4-6-13(22)7-5-12)19-20-18(21)26-10-16(23)24/h3-9,22H,10H2,1-2H3,(H,23,24). The summed E-state index contributed by atoms with van der Waals surface area (Å²) in [5.41, 5.74) is 2.47. The lowest BCUT2D eigenvalue weighted by Crippen LogP contribution is -2.05. The van der Waals surface area contributed by atoms with Gasteiger partial charge in [0.15, 0.2) is 11.0 Å². The van der Waals surface area contributed by atoms with Gasteiger partial charge in [0.2, 0.25) is 0 Å². The second-order valence-corrected chi connectivity index (χ2v) is 6.49. The van der Waals surface area contributed by atoms with Crippen LogP contribution in [0.15, 0.2) is 47.6 Å². The van der Waals surface area contributed by atoms with Crippen LogP contribution in [-0.2, 0) is 4.79 Å². The lowest BCUT2D eigenvalue weighted by atomic mass is 10.1. The topological polar surface area (TPSA) is 97.5 Å². The minimum absolute atomic E-state index is 0.137. The second-order valence-electron chi connectivity index (χ2n) is 5.55. The van der Waals surface area contributed by atoms with Crippen molar-refractivity contribution in [2.24, 2.45) is 0 Å². The van der Waals surface area contributed by atoms with Crippen molar-refractivity contribution in [2.75, 3.05) is 12.9 Å². The third-order valence-electron chi connectivity index (χ3n) is 3.66. The van der Waals surface area contributed by atoms with Crippen LogP contribution in [0.2, 0.25) is 0 Å². The van der Waals surface area contributed by atoms with Gasteiger partial charge in [-0.05, 0) is 48.9 Å². The Balaban J connectivity index is 2.19. The van der Waals surface area contributed by atoms with Crippen molar-refractivity contribution in [1.29, 1.82) is 0 Å². The Morgan fingerprint density at radius 1 is 1.19 bits per heavy atom. The Morgan fingerprint density at radius 2 is 1.92 bits per heavy atom. The zero-order chi connectivity index (χ0) is 18.7. The minimum atomic E-state index is -0.938. The van der Waals surface area contributed by atoms with Gasteiger partial charge >= 0.3 is 5.97 Å². The number of aromatic hydroxyl groups is 1. The van der Waals surface area contributed by atoms with E-state index in [9.17, 15) is 9.90 Å². The highest BCUT2D eigenvalue weighted by Crippen LogP contribution is 2.33. The van der Waals surface area contributed by atoms with Crippen LogP contribution in [0.25, 0.3) is 17.1 Å². The molecule has 2 aromatic carbocycles. The summed E-state index contributed by atoms with van der Waals surface area (Å²) in [4.78, 5) is 11.0. The van der Waals surface area contributed by atoms with Crippen molar-refractivity contribution in [3.63, 3.8) is 0 Å². The number of nitrogens with zero attached hydrogens (tertiary/aromatic N) is 3. The molecule has 0 saturated heterocycles. The molecule has 1 heterocycles. The number of hydrogen-bond donors (Lipinski definition) is 2. The maximum Gasteiger partial charge on any atom is 0.313 e. The van der Waals surface area contributed by atoms with Gasteiger partial charge in [0.05, 0.1) is 18.6 Å². The largest absolute Gasteiger partial charge is 0.508 e. The lowest BCUT2D eigenvalue weighted by Gasteiger charge is -2.14. The molecule has 0 aliphatic carbocycles.